The van der Waals surface area contributed by atoms with Gasteiger partial charge in [0.2, 0.25) is 12.6 Å². The van der Waals surface area contributed by atoms with Crippen LogP contribution < -0.4 is 0 Å². The summed E-state index contributed by atoms with van der Waals surface area (Å²) in [6, 6.07) is 0. The second-order valence-electron chi connectivity index (χ2n) is 23.1. The Labute approximate surface area is 542 Å². The zero-order chi connectivity index (χ0) is 70.7. The van der Waals surface area contributed by atoms with Crippen molar-refractivity contribution in [2.24, 2.45) is 0 Å². The van der Waals surface area contributed by atoms with Gasteiger partial charge in [0, 0.05) is 0 Å². The summed E-state index contributed by atoms with van der Waals surface area (Å²) < 4.78 is 95.1. The van der Waals surface area contributed by atoms with E-state index in [4.69, 9.17) is 80.5 Å². The highest BCUT2D eigenvalue weighted by Gasteiger charge is 2.59. The molecule has 0 aromatic carbocycles. The summed E-state index contributed by atoms with van der Waals surface area (Å²) in [6.45, 7) is -8.00. The molecule has 0 aliphatic carbocycles. The summed E-state index contributed by atoms with van der Waals surface area (Å²) >= 11 is 0. The van der Waals surface area contributed by atoms with Crippen LogP contribution in [0.3, 0.4) is 0 Å². The van der Waals surface area contributed by atoms with Gasteiger partial charge < -0.3 is 202 Å². The maximum atomic E-state index is 12.1. The summed E-state index contributed by atoms with van der Waals surface area (Å²) in [5.74, 6) is 0. The fourth-order valence-corrected chi connectivity index (χ4v) is 11.4. The molecule has 556 valence electrons. The highest BCUT2D eigenvalue weighted by molar-refractivity contribution is 5.59. The lowest BCUT2D eigenvalue weighted by Crippen LogP contribution is -2.68. The average molecular weight is 1410 g/mol. The highest BCUT2D eigenvalue weighted by atomic mass is 16.8. The summed E-state index contributed by atoms with van der Waals surface area (Å²) in [7, 11) is 0. The molecular formula is C53H86O43. The van der Waals surface area contributed by atoms with Crippen LogP contribution in [0.5, 0.6) is 0 Å². The van der Waals surface area contributed by atoms with E-state index in [9.17, 15) is 132 Å². The average Bonchev–Trinajstić information content (AvgIpc) is 0.809. The Kier molecular flexibility index (Phi) is 30.9. The first-order chi connectivity index (χ1) is 45.8. The van der Waals surface area contributed by atoms with E-state index in [1.807, 2.05) is 0 Å². The van der Waals surface area contributed by atoms with Crippen LogP contribution in [0.1, 0.15) is 6.92 Å². The molecule has 0 amide bonds. The van der Waals surface area contributed by atoms with E-state index in [1.54, 1.807) is 0 Å². The van der Waals surface area contributed by atoms with Gasteiger partial charge in [0.1, 0.15) is 183 Å². The van der Waals surface area contributed by atoms with E-state index in [0.29, 0.717) is 0 Å². The van der Waals surface area contributed by atoms with Gasteiger partial charge in [-0.3, -0.25) is 9.59 Å². The first-order valence-corrected chi connectivity index (χ1v) is 30.1. The molecule has 0 aromatic rings. The van der Waals surface area contributed by atoms with Crippen molar-refractivity contribution in [3.63, 3.8) is 0 Å². The van der Waals surface area contributed by atoms with E-state index in [0.717, 1.165) is 0 Å². The third-order valence-electron chi connectivity index (χ3n) is 16.8. The Bertz CT molecular complexity index is 2340. The molecule has 7 fully saturated rings. The number of aliphatic hydroxyl groups is 22. The molecule has 7 aliphatic heterocycles. The van der Waals surface area contributed by atoms with E-state index in [2.05, 4.69) is 0 Å². The Balaban J connectivity index is 1.17. The van der Waals surface area contributed by atoms with Crippen LogP contribution >= 0.6 is 0 Å². The van der Waals surface area contributed by atoms with Crippen LogP contribution in [0.25, 0.3) is 0 Å². The van der Waals surface area contributed by atoms with E-state index >= 15 is 0 Å². The summed E-state index contributed by atoms with van der Waals surface area (Å²) in [5, 5.41) is 241. The number of carbonyl (C=O) groups is 4. The summed E-state index contributed by atoms with van der Waals surface area (Å²) in [5.41, 5.74) is 0. The number of aldehydes is 4. The van der Waals surface area contributed by atoms with Crippen LogP contribution in [0, 0.1) is 0 Å². The van der Waals surface area contributed by atoms with Crippen molar-refractivity contribution in [1.82, 2.24) is 0 Å². The van der Waals surface area contributed by atoms with Crippen LogP contribution in [-0.2, 0) is 99.7 Å². The third-order valence-corrected chi connectivity index (χ3v) is 16.8. The molecule has 7 aliphatic rings. The minimum absolute atomic E-state index is 0.0371. The highest BCUT2D eigenvalue weighted by Crippen LogP contribution is 2.38. The molecule has 96 heavy (non-hydrogen) atoms. The first-order valence-electron chi connectivity index (χ1n) is 30.1. The van der Waals surface area contributed by atoms with Gasteiger partial charge in [-0.1, -0.05) is 0 Å². The van der Waals surface area contributed by atoms with E-state index in [1.165, 1.54) is 6.92 Å². The predicted octanol–water partition coefficient (Wildman–Crippen LogP) is -17.0. The Hall–Kier alpha value is -2.88. The third kappa shape index (κ3) is 18.1. The van der Waals surface area contributed by atoms with Gasteiger partial charge in [0.15, 0.2) is 62.9 Å². The van der Waals surface area contributed by atoms with Gasteiger partial charge in [-0.2, -0.15) is 0 Å². The fourth-order valence-electron chi connectivity index (χ4n) is 11.4. The van der Waals surface area contributed by atoms with Crippen molar-refractivity contribution in [3.8, 4) is 0 Å². The summed E-state index contributed by atoms with van der Waals surface area (Å²) in [4.78, 5) is 46.7. The Morgan fingerprint density at radius 1 is 0.302 bits per heavy atom. The molecule has 0 radical (unpaired) electrons. The van der Waals surface area contributed by atoms with Gasteiger partial charge in [-0.25, -0.2) is 0 Å². The molecule has 39 unspecified atom stereocenters. The molecule has 0 spiro atoms. The largest absolute Gasteiger partial charge is 0.394 e. The molecule has 43 nitrogen and oxygen atoms in total. The Morgan fingerprint density at radius 3 is 0.823 bits per heavy atom. The summed E-state index contributed by atoms with van der Waals surface area (Å²) in [6.07, 6.45) is -79.6. The minimum Gasteiger partial charge on any atom is -0.394 e. The molecule has 0 aromatic heterocycles. The number of hydrogen-bond donors (Lipinski definition) is 22. The van der Waals surface area contributed by atoms with E-state index < -0.39 is 299 Å². The molecule has 0 bridgehead atoms. The zero-order valence-electron chi connectivity index (χ0n) is 50.6. The van der Waals surface area contributed by atoms with Crippen molar-refractivity contribution in [2.75, 3.05) is 59.5 Å². The van der Waals surface area contributed by atoms with Crippen LogP contribution in [0.15, 0.2) is 0 Å². The number of ether oxygens (including phenoxy) is 17. The fraction of sp³-hybridized carbons (Fsp3) is 0.925. The molecule has 7 rings (SSSR count). The smallest absolute Gasteiger partial charge is 0.215 e. The second-order valence-corrected chi connectivity index (χ2v) is 23.1. The lowest BCUT2D eigenvalue weighted by molar-refractivity contribution is -0.398. The van der Waals surface area contributed by atoms with Crippen molar-refractivity contribution in [2.45, 2.75) is 246 Å². The molecule has 7 heterocycles. The van der Waals surface area contributed by atoms with E-state index in [-0.39, 0.29) is 25.1 Å². The molecule has 43 heteroatoms. The minimum atomic E-state index is -2.51. The van der Waals surface area contributed by atoms with Gasteiger partial charge in [0.05, 0.1) is 65.6 Å². The van der Waals surface area contributed by atoms with Crippen molar-refractivity contribution in [1.29, 1.82) is 0 Å². The topological polar surface area (TPSA) is 670 Å². The molecule has 0 saturated carbocycles. The van der Waals surface area contributed by atoms with Crippen LogP contribution in [0.4, 0.5) is 0 Å². The van der Waals surface area contributed by atoms with Crippen molar-refractivity contribution >= 4 is 25.1 Å². The molecule has 22 N–H and O–H groups in total. The van der Waals surface area contributed by atoms with Crippen molar-refractivity contribution in [3.05, 3.63) is 0 Å². The van der Waals surface area contributed by atoms with Crippen LogP contribution in [-0.4, -0.2) is 436 Å². The molecule has 7 saturated heterocycles. The lowest BCUT2D eigenvalue weighted by Gasteiger charge is -2.50. The normalized spacial score (nSPS) is 46.9. The van der Waals surface area contributed by atoms with Gasteiger partial charge >= 0.3 is 0 Å². The molecule has 39 atom stereocenters. The number of aliphatic hydroxyl groups excluding tert-OH is 22. The second kappa shape index (κ2) is 36.8. The maximum Gasteiger partial charge on any atom is 0.215 e. The standard InChI is InChI=1S/C53H86O43/c1-15-27(66)41(28(67)18(6-58)81-15)92-51-38(77)45(32(71)22(10-62)87-51)94-52-39(78)46(33(72)23(11-63)88-52)95-53-40(79)47(96-50-37(76)43(30(69)21(9-61)86-50)91-26(13-65)83-17(4-56)5-57)34(73)24(89-53)14-80-48-35(74)44(31(70)19(7-59)84-48)93-49-36(75)42(29(68)20(8-60)85-49)90-25(12-64)82-16(2-54)3-55/h2,4,12-13,15-53,55,57-63,66-79H,3,5-11,14H2,1H3. The van der Waals surface area contributed by atoms with Gasteiger partial charge in [-0.15, -0.1) is 0 Å². The number of hydrogen-bond acceptors (Lipinski definition) is 43. The maximum absolute atomic E-state index is 12.1. The van der Waals surface area contributed by atoms with Crippen molar-refractivity contribution < 1.29 is 212 Å². The monoisotopic (exact) mass is 1410 g/mol. The lowest BCUT2D eigenvalue weighted by atomic mass is 9.94. The van der Waals surface area contributed by atoms with Gasteiger partial charge in [-0.05, 0) is 6.92 Å². The van der Waals surface area contributed by atoms with Gasteiger partial charge in [0.25, 0.3) is 0 Å². The predicted molar refractivity (Wildman–Crippen MR) is 289 cm³/mol. The first kappa shape index (κ1) is 80.4. The molecular weight excluding hydrogens is 1320 g/mol. The van der Waals surface area contributed by atoms with Crippen LogP contribution in [0.2, 0.25) is 0 Å². The number of carbonyl (C=O) groups excluding carboxylic acids is 4. The SMILES string of the molecule is CC1OC(CO)C(O)C(OC2OC(CO)C(O)C(OC3OC(CO)C(O)C(OC4OC(COC5OC(CO)C(O)C(OC6OC(CO)C(O)C(OC(C=O)OC(C=O)CO)C6O)C5O)C(O)C(OC5OC(CO)C(O)C(OC(C=O)OC(C=O)CO)C5O)C4O)C3O)C2O)C1O. The Morgan fingerprint density at radius 2 is 0.542 bits per heavy atom. The zero-order valence-corrected chi connectivity index (χ0v) is 50.6. The quantitative estimate of drug-likeness (QED) is 0.0214. The number of rotatable bonds is 33.